The zero-order chi connectivity index (χ0) is 22.7. The number of ether oxygens (including phenoxy) is 2. The molecule has 1 N–H and O–H groups in total. The zero-order valence-electron chi connectivity index (χ0n) is 17.9. The second-order valence-electron chi connectivity index (χ2n) is 7.26. The van der Waals surface area contributed by atoms with Gasteiger partial charge >= 0.3 is 0 Å². The molecule has 0 saturated carbocycles. The first-order valence-corrected chi connectivity index (χ1v) is 10.8. The van der Waals surface area contributed by atoms with E-state index < -0.39 is 0 Å². The van der Waals surface area contributed by atoms with E-state index in [1.807, 2.05) is 61.5 Å². The van der Waals surface area contributed by atoms with E-state index in [1.165, 1.54) is 0 Å². The molecule has 0 bridgehead atoms. The summed E-state index contributed by atoms with van der Waals surface area (Å²) in [7, 11) is 3.18. The number of nitrogens with zero attached hydrogens (tertiary/aromatic N) is 2. The highest BCUT2D eigenvalue weighted by atomic mass is 79.9. The van der Waals surface area contributed by atoms with Gasteiger partial charge in [0.05, 0.1) is 37.0 Å². The fourth-order valence-corrected chi connectivity index (χ4v) is 3.90. The van der Waals surface area contributed by atoms with Crippen LogP contribution in [0.2, 0.25) is 0 Å². The van der Waals surface area contributed by atoms with Crippen molar-refractivity contribution in [3.8, 4) is 22.8 Å². The maximum atomic E-state index is 13.4. The van der Waals surface area contributed by atoms with Crippen molar-refractivity contribution < 1.29 is 14.3 Å². The maximum Gasteiger partial charge on any atom is 0.252 e. The summed E-state index contributed by atoms with van der Waals surface area (Å²) in [4.78, 5) is 22.2. The van der Waals surface area contributed by atoms with Crippen LogP contribution in [0.25, 0.3) is 22.2 Å². The number of methoxy groups -OCH3 is 2. The molecule has 4 rings (SSSR count). The molecule has 6 nitrogen and oxygen atoms in total. The highest BCUT2D eigenvalue weighted by molar-refractivity contribution is 9.10. The number of amides is 1. The molecule has 0 fully saturated rings. The first kappa shape index (κ1) is 21.8. The molecule has 0 spiro atoms. The summed E-state index contributed by atoms with van der Waals surface area (Å²) in [6.45, 7) is 1.93. The largest absolute Gasteiger partial charge is 0.493 e. The summed E-state index contributed by atoms with van der Waals surface area (Å²) in [6.07, 6.45) is 3.42. The number of carbonyl (C=O) groups is 1. The zero-order valence-corrected chi connectivity index (χ0v) is 19.5. The van der Waals surface area contributed by atoms with Crippen molar-refractivity contribution in [1.29, 1.82) is 0 Å². The number of carbonyl (C=O) groups excluding carboxylic acids is 1. The van der Waals surface area contributed by atoms with E-state index in [1.54, 1.807) is 26.6 Å². The third kappa shape index (κ3) is 4.43. The lowest BCUT2D eigenvalue weighted by Gasteiger charge is -2.18. The molecule has 162 valence electrons. The van der Waals surface area contributed by atoms with Crippen molar-refractivity contribution in [2.45, 2.75) is 13.0 Å². The lowest BCUT2D eigenvalue weighted by Crippen LogP contribution is -2.27. The Morgan fingerprint density at radius 2 is 1.72 bits per heavy atom. The van der Waals surface area contributed by atoms with Crippen LogP contribution in [0.15, 0.2) is 71.5 Å². The van der Waals surface area contributed by atoms with Crippen molar-refractivity contribution in [2.75, 3.05) is 14.2 Å². The van der Waals surface area contributed by atoms with Gasteiger partial charge in [-0.3, -0.25) is 9.78 Å². The summed E-state index contributed by atoms with van der Waals surface area (Å²) in [6, 6.07) is 16.7. The van der Waals surface area contributed by atoms with Gasteiger partial charge in [0, 0.05) is 27.8 Å². The predicted molar refractivity (Wildman–Crippen MR) is 128 cm³/mol. The minimum atomic E-state index is -0.248. The number of halogens is 1. The molecular weight excluding hydrogens is 470 g/mol. The molecule has 0 unspecified atom stereocenters. The van der Waals surface area contributed by atoms with Gasteiger partial charge in [-0.25, -0.2) is 4.98 Å². The number of rotatable bonds is 6. The van der Waals surface area contributed by atoms with E-state index in [0.717, 1.165) is 26.5 Å². The van der Waals surface area contributed by atoms with E-state index in [4.69, 9.17) is 14.5 Å². The first-order chi connectivity index (χ1) is 15.5. The fraction of sp³-hybridized carbons (Fsp3) is 0.160. The summed E-state index contributed by atoms with van der Waals surface area (Å²) < 4.78 is 11.6. The lowest BCUT2D eigenvalue weighted by atomic mass is 10.0. The van der Waals surface area contributed by atoms with Crippen molar-refractivity contribution in [2.24, 2.45) is 0 Å². The molecule has 1 atom stereocenters. The third-order valence-electron chi connectivity index (χ3n) is 5.25. The molecule has 0 aliphatic rings. The SMILES string of the molecule is COc1ccc([C@@H](C)NC(=O)c2cc(-c3ccncc3)nc3ccc(Br)cc23)cc1OC. The standard InChI is InChI=1S/C25H22BrN3O3/c1-15(17-4-7-23(31-2)24(12-17)32-3)28-25(30)20-14-22(16-8-10-27-11-9-16)29-21-6-5-18(26)13-19(20)21/h4-15H,1-3H3,(H,28,30)/t15-/m1/s1. The fourth-order valence-electron chi connectivity index (χ4n) is 3.54. The summed E-state index contributed by atoms with van der Waals surface area (Å²) in [5.74, 6) is 1.07. The van der Waals surface area contributed by atoms with Crippen LogP contribution in [-0.4, -0.2) is 30.1 Å². The topological polar surface area (TPSA) is 73.3 Å². The van der Waals surface area contributed by atoms with Crippen molar-refractivity contribution in [1.82, 2.24) is 15.3 Å². The number of benzene rings is 2. The van der Waals surface area contributed by atoms with Gasteiger partial charge in [0.25, 0.3) is 5.91 Å². The summed E-state index contributed by atoms with van der Waals surface area (Å²) in [5, 5.41) is 3.87. The summed E-state index contributed by atoms with van der Waals surface area (Å²) >= 11 is 3.50. The van der Waals surface area contributed by atoms with Crippen LogP contribution < -0.4 is 14.8 Å². The molecule has 0 aliphatic carbocycles. The van der Waals surface area contributed by atoms with Crippen molar-refractivity contribution in [3.63, 3.8) is 0 Å². The van der Waals surface area contributed by atoms with Crippen LogP contribution in [0.1, 0.15) is 28.9 Å². The Kier molecular flexibility index (Phi) is 6.37. The van der Waals surface area contributed by atoms with Crippen LogP contribution in [-0.2, 0) is 0 Å². The Morgan fingerprint density at radius 3 is 2.44 bits per heavy atom. The van der Waals surface area contributed by atoms with Crippen LogP contribution in [0, 0.1) is 0 Å². The van der Waals surface area contributed by atoms with Crippen molar-refractivity contribution in [3.05, 3.63) is 82.6 Å². The molecule has 2 aromatic heterocycles. The van der Waals surface area contributed by atoms with Gasteiger partial charge in [0.15, 0.2) is 11.5 Å². The maximum absolute atomic E-state index is 13.4. The van der Waals surface area contributed by atoms with Gasteiger partial charge in [-0.15, -0.1) is 0 Å². The normalized spacial score (nSPS) is 11.8. The van der Waals surface area contributed by atoms with Crippen LogP contribution in [0.4, 0.5) is 0 Å². The first-order valence-electron chi connectivity index (χ1n) is 10.0. The van der Waals surface area contributed by atoms with Gasteiger partial charge in [0.2, 0.25) is 0 Å². The average molecular weight is 492 g/mol. The highest BCUT2D eigenvalue weighted by Gasteiger charge is 2.18. The number of hydrogen-bond donors (Lipinski definition) is 1. The number of aromatic nitrogens is 2. The Bertz CT molecular complexity index is 1280. The predicted octanol–water partition coefficient (Wildman–Crippen LogP) is 5.57. The number of hydrogen-bond acceptors (Lipinski definition) is 5. The molecule has 7 heteroatoms. The molecule has 0 saturated heterocycles. The molecule has 0 aliphatic heterocycles. The smallest absolute Gasteiger partial charge is 0.252 e. The molecule has 0 radical (unpaired) electrons. The monoisotopic (exact) mass is 491 g/mol. The van der Waals surface area contributed by atoms with Crippen LogP contribution >= 0.6 is 15.9 Å². The minimum Gasteiger partial charge on any atom is -0.493 e. The number of fused-ring (bicyclic) bond motifs is 1. The Labute approximate surface area is 194 Å². The van der Waals surface area contributed by atoms with Gasteiger partial charge in [-0.05, 0) is 61.0 Å². The van der Waals surface area contributed by atoms with Gasteiger partial charge < -0.3 is 14.8 Å². The van der Waals surface area contributed by atoms with Crippen molar-refractivity contribution >= 4 is 32.7 Å². The number of pyridine rings is 2. The molecule has 32 heavy (non-hydrogen) atoms. The molecule has 2 aromatic carbocycles. The van der Waals surface area contributed by atoms with E-state index in [9.17, 15) is 4.79 Å². The Morgan fingerprint density at radius 1 is 0.969 bits per heavy atom. The molecule has 2 heterocycles. The van der Waals surface area contributed by atoms with Gasteiger partial charge in [0.1, 0.15) is 0 Å². The Hall–Kier alpha value is -3.45. The summed E-state index contributed by atoms with van der Waals surface area (Å²) in [5.41, 5.74) is 3.81. The second kappa shape index (κ2) is 9.36. The minimum absolute atomic E-state index is 0.187. The second-order valence-corrected chi connectivity index (χ2v) is 8.18. The van der Waals surface area contributed by atoms with Crippen LogP contribution in [0.3, 0.4) is 0 Å². The van der Waals surface area contributed by atoms with Gasteiger partial charge in [-0.1, -0.05) is 22.0 Å². The molecule has 1 amide bonds. The van der Waals surface area contributed by atoms with Gasteiger partial charge in [-0.2, -0.15) is 0 Å². The number of nitrogens with one attached hydrogen (secondary N) is 1. The van der Waals surface area contributed by atoms with E-state index in [0.29, 0.717) is 22.8 Å². The average Bonchev–Trinajstić information content (AvgIpc) is 2.83. The quantitative estimate of drug-likeness (QED) is 0.381. The highest BCUT2D eigenvalue weighted by Crippen LogP contribution is 2.31. The van der Waals surface area contributed by atoms with E-state index in [-0.39, 0.29) is 11.9 Å². The molecular formula is C25H22BrN3O3. The van der Waals surface area contributed by atoms with E-state index >= 15 is 0 Å². The Balaban J connectivity index is 1.72. The third-order valence-corrected chi connectivity index (χ3v) is 5.74. The van der Waals surface area contributed by atoms with E-state index in [2.05, 4.69) is 26.2 Å². The molecule has 4 aromatic rings. The van der Waals surface area contributed by atoms with Crippen LogP contribution in [0.5, 0.6) is 11.5 Å². The lowest BCUT2D eigenvalue weighted by molar-refractivity contribution is 0.0941.